The summed E-state index contributed by atoms with van der Waals surface area (Å²) in [4.78, 5) is 1.86. The van der Waals surface area contributed by atoms with Crippen LogP contribution in [0.15, 0.2) is 24.3 Å². The zero-order valence-electron chi connectivity index (χ0n) is 8.45. The van der Waals surface area contributed by atoms with Crippen LogP contribution in [-0.2, 0) is 0 Å². The highest BCUT2D eigenvalue weighted by Crippen LogP contribution is 2.21. The van der Waals surface area contributed by atoms with Crippen molar-refractivity contribution in [1.82, 2.24) is 0 Å². The van der Waals surface area contributed by atoms with Crippen molar-refractivity contribution in [3.8, 4) is 6.07 Å². The van der Waals surface area contributed by atoms with E-state index in [-0.39, 0.29) is 5.56 Å². The lowest BCUT2D eigenvalue weighted by atomic mass is 10.2. The highest BCUT2D eigenvalue weighted by molar-refractivity contribution is 5.47. The summed E-state index contributed by atoms with van der Waals surface area (Å²) in [6.07, 6.45) is -2.00. The third kappa shape index (κ3) is 3.21. The van der Waals surface area contributed by atoms with Gasteiger partial charge in [0.15, 0.2) is 0 Å². The molecule has 0 fully saturated rings. The zero-order chi connectivity index (χ0) is 11.3. The van der Waals surface area contributed by atoms with Crippen molar-refractivity contribution in [1.29, 1.82) is 5.26 Å². The first-order valence-electron chi connectivity index (χ1n) is 4.61. The van der Waals surface area contributed by atoms with E-state index in [2.05, 4.69) is 0 Å². The Hall–Kier alpha value is -1.63. The molecule has 0 aliphatic carbocycles. The van der Waals surface area contributed by atoms with Crippen molar-refractivity contribution in [2.24, 2.45) is 0 Å². The average Bonchev–Trinajstić information content (AvgIpc) is 2.26. The van der Waals surface area contributed by atoms with E-state index in [0.717, 1.165) is 5.69 Å². The lowest BCUT2D eigenvalue weighted by Gasteiger charge is -2.17. The zero-order valence-corrected chi connectivity index (χ0v) is 8.45. The average molecular weight is 210 g/mol. The van der Waals surface area contributed by atoms with Gasteiger partial charge in [0, 0.05) is 24.8 Å². The van der Waals surface area contributed by atoms with E-state index in [0.29, 0.717) is 13.0 Å². The Balaban J connectivity index is 2.67. The molecule has 0 saturated heterocycles. The Labute approximate surface area is 87.7 Å². The number of halogens is 2. The number of hydrogen-bond donors (Lipinski definition) is 0. The minimum Gasteiger partial charge on any atom is -0.374 e. The van der Waals surface area contributed by atoms with Gasteiger partial charge in [-0.15, -0.1) is 0 Å². The van der Waals surface area contributed by atoms with Gasteiger partial charge in [-0.1, -0.05) is 12.1 Å². The molecule has 0 saturated carbocycles. The van der Waals surface area contributed by atoms with Gasteiger partial charge in [-0.2, -0.15) is 5.26 Å². The first kappa shape index (κ1) is 11.4. The summed E-state index contributed by atoms with van der Waals surface area (Å²) in [5.74, 6) is 0. The summed E-state index contributed by atoms with van der Waals surface area (Å²) in [5.41, 5.74) is 0.863. The molecule has 0 spiro atoms. The van der Waals surface area contributed by atoms with Crippen molar-refractivity contribution in [3.05, 3.63) is 29.8 Å². The van der Waals surface area contributed by atoms with E-state index in [1.165, 1.54) is 12.1 Å². The maximum atomic E-state index is 12.2. The van der Waals surface area contributed by atoms with Crippen LogP contribution in [0.4, 0.5) is 14.5 Å². The number of benzene rings is 1. The van der Waals surface area contributed by atoms with Crippen LogP contribution in [0, 0.1) is 11.3 Å². The van der Waals surface area contributed by atoms with Crippen LogP contribution in [0.5, 0.6) is 0 Å². The molecule has 0 bridgehead atoms. The second-order valence-electron chi connectivity index (χ2n) is 3.22. The van der Waals surface area contributed by atoms with E-state index >= 15 is 0 Å². The van der Waals surface area contributed by atoms with E-state index in [9.17, 15) is 8.78 Å². The molecule has 1 aromatic carbocycles. The SMILES string of the molecule is CN(CCC#N)c1ccc(C(F)F)cc1. The van der Waals surface area contributed by atoms with Gasteiger partial charge in [0.1, 0.15) is 0 Å². The first-order valence-corrected chi connectivity index (χ1v) is 4.61. The predicted molar refractivity (Wildman–Crippen MR) is 54.9 cm³/mol. The van der Waals surface area contributed by atoms with Crippen molar-refractivity contribution < 1.29 is 8.78 Å². The number of anilines is 1. The summed E-state index contributed by atoms with van der Waals surface area (Å²) in [6, 6.07) is 8.12. The molecule has 1 rings (SSSR count). The molecule has 1 aromatic rings. The molecule has 0 atom stereocenters. The van der Waals surface area contributed by atoms with Gasteiger partial charge in [-0.25, -0.2) is 8.78 Å². The smallest absolute Gasteiger partial charge is 0.263 e. The van der Waals surface area contributed by atoms with Crippen molar-refractivity contribution in [2.75, 3.05) is 18.5 Å². The maximum Gasteiger partial charge on any atom is 0.263 e. The Morgan fingerprint density at radius 2 is 1.93 bits per heavy atom. The number of alkyl halides is 2. The Morgan fingerprint density at radius 3 is 2.40 bits per heavy atom. The van der Waals surface area contributed by atoms with Crippen LogP contribution in [-0.4, -0.2) is 13.6 Å². The van der Waals surface area contributed by atoms with E-state index in [1.54, 1.807) is 12.1 Å². The van der Waals surface area contributed by atoms with Gasteiger partial charge >= 0.3 is 0 Å². The number of hydrogen-bond acceptors (Lipinski definition) is 2. The standard InChI is InChI=1S/C11H12F2N2/c1-15(8-2-7-14)10-5-3-9(4-6-10)11(12)13/h3-6,11H,2,8H2,1H3. The van der Waals surface area contributed by atoms with Crippen molar-refractivity contribution in [2.45, 2.75) is 12.8 Å². The molecule has 15 heavy (non-hydrogen) atoms. The summed E-state index contributed by atoms with van der Waals surface area (Å²) in [7, 11) is 1.83. The number of rotatable bonds is 4. The fourth-order valence-electron chi connectivity index (χ4n) is 1.22. The molecule has 0 unspecified atom stereocenters. The van der Waals surface area contributed by atoms with Crippen molar-refractivity contribution in [3.63, 3.8) is 0 Å². The van der Waals surface area contributed by atoms with Crippen molar-refractivity contribution >= 4 is 5.69 Å². The highest BCUT2D eigenvalue weighted by Gasteiger charge is 2.07. The molecule has 0 N–H and O–H groups in total. The first-order chi connectivity index (χ1) is 7.15. The summed E-state index contributed by atoms with van der Waals surface area (Å²) >= 11 is 0. The van der Waals surface area contributed by atoms with E-state index in [4.69, 9.17) is 5.26 Å². The third-order valence-corrected chi connectivity index (χ3v) is 2.14. The van der Waals surface area contributed by atoms with Crippen LogP contribution in [0.2, 0.25) is 0 Å². The minimum absolute atomic E-state index is 0.0208. The molecule has 0 aromatic heterocycles. The second kappa shape index (κ2) is 5.30. The van der Waals surface area contributed by atoms with Gasteiger partial charge in [-0.3, -0.25) is 0 Å². The van der Waals surface area contributed by atoms with Gasteiger partial charge in [-0.05, 0) is 12.1 Å². The molecule has 4 heteroatoms. The fraction of sp³-hybridized carbons (Fsp3) is 0.364. The second-order valence-corrected chi connectivity index (χ2v) is 3.22. The molecule has 0 aliphatic rings. The van der Waals surface area contributed by atoms with Gasteiger partial charge < -0.3 is 4.90 Å². The van der Waals surface area contributed by atoms with Crippen LogP contribution < -0.4 is 4.90 Å². The lowest BCUT2D eigenvalue weighted by Crippen LogP contribution is -2.17. The van der Waals surface area contributed by atoms with Gasteiger partial charge in [0.25, 0.3) is 6.43 Å². The van der Waals surface area contributed by atoms with Gasteiger partial charge in [0.05, 0.1) is 12.5 Å². The molecule has 0 aliphatic heterocycles. The molecule has 2 nitrogen and oxygen atoms in total. The lowest BCUT2D eigenvalue weighted by molar-refractivity contribution is 0.151. The minimum atomic E-state index is -2.43. The summed E-state index contributed by atoms with van der Waals surface area (Å²) in [6.45, 7) is 0.602. The van der Waals surface area contributed by atoms with E-state index < -0.39 is 6.43 Å². The topological polar surface area (TPSA) is 27.0 Å². The van der Waals surface area contributed by atoms with E-state index in [1.807, 2.05) is 18.0 Å². The monoisotopic (exact) mass is 210 g/mol. The Morgan fingerprint density at radius 1 is 1.33 bits per heavy atom. The van der Waals surface area contributed by atoms with Crippen LogP contribution >= 0.6 is 0 Å². The Bertz CT molecular complexity index is 341. The quantitative estimate of drug-likeness (QED) is 0.763. The Kier molecular flexibility index (Phi) is 4.04. The molecular weight excluding hydrogens is 198 g/mol. The third-order valence-electron chi connectivity index (χ3n) is 2.14. The van der Waals surface area contributed by atoms with Crippen LogP contribution in [0.1, 0.15) is 18.4 Å². The summed E-state index contributed by atoms with van der Waals surface area (Å²) < 4.78 is 24.5. The largest absolute Gasteiger partial charge is 0.374 e. The summed E-state index contributed by atoms with van der Waals surface area (Å²) in [5, 5.41) is 8.40. The predicted octanol–water partition coefficient (Wildman–Crippen LogP) is 2.97. The maximum absolute atomic E-state index is 12.2. The molecule has 0 heterocycles. The number of nitriles is 1. The normalized spacial score (nSPS) is 10.1. The fourth-order valence-corrected chi connectivity index (χ4v) is 1.22. The van der Waals surface area contributed by atoms with Crippen LogP contribution in [0.25, 0.3) is 0 Å². The molecule has 80 valence electrons. The highest BCUT2D eigenvalue weighted by atomic mass is 19.3. The molecule has 0 radical (unpaired) electrons. The molecule has 0 amide bonds. The van der Waals surface area contributed by atoms with Gasteiger partial charge in [0.2, 0.25) is 0 Å². The van der Waals surface area contributed by atoms with Crippen LogP contribution in [0.3, 0.4) is 0 Å². The number of nitrogens with zero attached hydrogens (tertiary/aromatic N) is 2. The molecular formula is C11H12F2N2.